The molecule has 0 saturated carbocycles. The highest BCUT2D eigenvalue weighted by Gasteiger charge is 2.02. The average Bonchev–Trinajstić information content (AvgIpc) is 2.77. The van der Waals surface area contributed by atoms with Crippen LogP contribution in [0.15, 0.2) is 36.4 Å². The third kappa shape index (κ3) is 3.51. The minimum Gasteiger partial charge on any atom is -0.497 e. The number of anilines is 1. The SMILES string of the molecule is COc1ccc(NC(=S)NCc2ccc(C)n2C)cc1. The maximum absolute atomic E-state index is 5.28. The fourth-order valence-corrected chi connectivity index (χ4v) is 2.05. The van der Waals surface area contributed by atoms with Crippen LogP contribution in [0, 0.1) is 6.92 Å². The monoisotopic (exact) mass is 289 g/mol. The van der Waals surface area contributed by atoms with E-state index < -0.39 is 0 Å². The molecule has 20 heavy (non-hydrogen) atoms. The summed E-state index contributed by atoms with van der Waals surface area (Å²) in [5.74, 6) is 0.828. The summed E-state index contributed by atoms with van der Waals surface area (Å²) in [6.45, 7) is 2.78. The number of thiocarbonyl (C=S) groups is 1. The number of nitrogens with one attached hydrogen (secondary N) is 2. The first kappa shape index (κ1) is 14.4. The predicted molar refractivity (Wildman–Crippen MR) is 86.2 cm³/mol. The van der Waals surface area contributed by atoms with E-state index in [0.717, 1.165) is 11.4 Å². The van der Waals surface area contributed by atoms with Crippen LogP contribution in [0.2, 0.25) is 0 Å². The zero-order valence-electron chi connectivity index (χ0n) is 11.9. The van der Waals surface area contributed by atoms with Gasteiger partial charge in [-0.05, 0) is 55.5 Å². The molecule has 4 nitrogen and oxygen atoms in total. The molecule has 1 heterocycles. The van der Waals surface area contributed by atoms with E-state index in [1.165, 1.54) is 11.4 Å². The van der Waals surface area contributed by atoms with E-state index in [2.05, 4.69) is 34.3 Å². The van der Waals surface area contributed by atoms with Crippen molar-refractivity contribution in [1.82, 2.24) is 9.88 Å². The average molecular weight is 289 g/mol. The fourth-order valence-electron chi connectivity index (χ4n) is 1.86. The van der Waals surface area contributed by atoms with Crippen molar-refractivity contribution < 1.29 is 4.74 Å². The number of hydrogen-bond donors (Lipinski definition) is 2. The summed E-state index contributed by atoms with van der Waals surface area (Å²) in [7, 11) is 3.70. The van der Waals surface area contributed by atoms with E-state index in [0.29, 0.717) is 11.7 Å². The number of hydrogen-bond acceptors (Lipinski definition) is 2. The molecule has 0 aliphatic rings. The van der Waals surface area contributed by atoms with Gasteiger partial charge in [0.1, 0.15) is 5.75 Å². The Hall–Kier alpha value is -2.01. The van der Waals surface area contributed by atoms with Crippen molar-refractivity contribution >= 4 is 23.0 Å². The molecule has 2 rings (SSSR count). The molecule has 2 N–H and O–H groups in total. The Kier molecular flexibility index (Phi) is 4.63. The van der Waals surface area contributed by atoms with Gasteiger partial charge in [-0.15, -0.1) is 0 Å². The molecule has 0 fully saturated rings. The van der Waals surface area contributed by atoms with Gasteiger partial charge in [-0.3, -0.25) is 0 Å². The Morgan fingerprint density at radius 2 is 1.90 bits per heavy atom. The maximum atomic E-state index is 5.28. The second-order valence-electron chi connectivity index (χ2n) is 4.56. The lowest BCUT2D eigenvalue weighted by molar-refractivity contribution is 0.415. The molecule has 0 saturated heterocycles. The Balaban J connectivity index is 1.87. The van der Waals surface area contributed by atoms with E-state index in [-0.39, 0.29) is 0 Å². The second kappa shape index (κ2) is 6.43. The lowest BCUT2D eigenvalue weighted by Gasteiger charge is -2.12. The van der Waals surface area contributed by atoms with Crippen molar-refractivity contribution in [3.8, 4) is 5.75 Å². The molecule has 5 heteroatoms. The standard InChI is InChI=1S/C15H19N3OS/c1-11-4-7-13(18(11)2)10-16-15(20)17-12-5-8-14(19-3)9-6-12/h4-9H,10H2,1-3H3,(H2,16,17,20). The molecule has 0 radical (unpaired) electrons. The molecular weight excluding hydrogens is 270 g/mol. The fraction of sp³-hybridized carbons (Fsp3) is 0.267. The van der Waals surface area contributed by atoms with Gasteiger partial charge in [0.15, 0.2) is 5.11 Å². The molecule has 0 unspecified atom stereocenters. The summed E-state index contributed by atoms with van der Waals surface area (Å²) in [5, 5.41) is 6.95. The van der Waals surface area contributed by atoms with Gasteiger partial charge < -0.3 is 19.9 Å². The quantitative estimate of drug-likeness (QED) is 0.849. The van der Waals surface area contributed by atoms with Crippen LogP contribution in [0.25, 0.3) is 0 Å². The number of rotatable bonds is 4. The molecule has 1 aromatic heterocycles. The van der Waals surface area contributed by atoms with Crippen LogP contribution < -0.4 is 15.4 Å². The van der Waals surface area contributed by atoms with Crippen molar-refractivity contribution in [3.63, 3.8) is 0 Å². The third-order valence-corrected chi connectivity index (χ3v) is 3.50. The zero-order valence-corrected chi connectivity index (χ0v) is 12.8. The van der Waals surface area contributed by atoms with Gasteiger partial charge in [0, 0.05) is 24.1 Å². The summed E-state index contributed by atoms with van der Waals surface area (Å²) < 4.78 is 7.26. The molecule has 2 aromatic rings. The summed E-state index contributed by atoms with van der Waals surface area (Å²) in [6.07, 6.45) is 0. The van der Waals surface area contributed by atoms with Crippen LogP contribution in [0.3, 0.4) is 0 Å². The van der Waals surface area contributed by atoms with Crippen molar-refractivity contribution in [1.29, 1.82) is 0 Å². The molecule has 0 bridgehead atoms. The summed E-state index contributed by atoms with van der Waals surface area (Å²) >= 11 is 5.28. The highest BCUT2D eigenvalue weighted by Crippen LogP contribution is 2.14. The number of ether oxygens (including phenoxy) is 1. The zero-order chi connectivity index (χ0) is 14.5. The van der Waals surface area contributed by atoms with Crippen LogP contribution >= 0.6 is 12.2 Å². The minimum atomic E-state index is 0.606. The van der Waals surface area contributed by atoms with Crippen LogP contribution in [0.1, 0.15) is 11.4 Å². The predicted octanol–water partition coefficient (Wildman–Crippen LogP) is 2.83. The lowest BCUT2D eigenvalue weighted by Crippen LogP contribution is -2.28. The van der Waals surface area contributed by atoms with Gasteiger partial charge in [0.05, 0.1) is 13.7 Å². The first-order chi connectivity index (χ1) is 9.60. The van der Waals surface area contributed by atoms with E-state index in [1.807, 2.05) is 31.3 Å². The highest BCUT2D eigenvalue weighted by molar-refractivity contribution is 7.80. The van der Waals surface area contributed by atoms with Gasteiger partial charge in [-0.2, -0.15) is 0 Å². The first-order valence-electron chi connectivity index (χ1n) is 6.40. The number of nitrogens with zero attached hydrogens (tertiary/aromatic N) is 1. The second-order valence-corrected chi connectivity index (χ2v) is 4.97. The largest absolute Gasteiger partial charge is 0.497 e. The Bertz CT molecular complexity index is 590. The topological polar surface area (TPSA) is 38.2 Å². The van der Waals surface area contributed by atoms with Crippen LogP contribution in [0.5, 0.6) is 5.75 Å². The lowest BCUT2D eigenvalue weighted by atomic mass is 10.3. The molecule has 0 spiro atoms. The highest BCUT2D eigenvalue weighted by atomic mass is 32.1. The Labute approximate surface area is 124 Å². The molecule has 0 aliphatic carbocycles. The van der Waals surface area contributed by atoms with E-state index in [9.17, 15) is 0 Å². The molecule has 106 valence electrons. The van der Waals surface area contributed by atoms with Crippen molar-refractivity contribution in [2.45, 2.75) is 13.5 Å². The van der Waals surface area contributed by atoms with Crippen molar-refractivity contribution in [2.75, 3.05) is 12.4 Å². The molecule has 0 aliphatic heterocycles. The summed E-state index contributed by atoms with van der Waals surface area (Å²) in [6, 6.07) is 11.8. The van der Waals surface area contributed by atoms with Gasteiger partial charge in [-0.25, -0.2) is 0 Å². The van der Waals surface area contributed by atoms with Crippen molar-refractivity contribution in [3.05, 3.63) is 47.8 Å². The number of benzene rings is 1. The minimum absolute atomic E-state index is 0.606. The van der Waals surface area contributed by atoms with E-state index >= 15 is 0 Å². The smallest absolute Gasteiger partial charge is 0.171 e. The number of aromatic nitrogens is 1. The normalized spacial score (nSPS) is 10.2. The third-order valence-electron chi connectivity index (χ3n) is 3.25. The van der Waals surface area contributed by atoms with Gasteiger partial charge in [0.2, 0.25) is 0 Å². The van der Waals surface area contributed by atoms with Crippen molar-refractivity contribution in [2.24, 2.45) is 7.05 Å². The number of aryl methyl sites for hydroxylation is 1. The molecule has 0 amide bonds. The van der Waals surface area contributed by atoms with E-state index in [1.54, 1.807) is 7.11 Å². The summed E-state index contributed by atoms with van der Waals surface area (Å²) in [4.78, 5) is 0. The molecular formula is C15H19N3OS. The Morgan fingerprint density at radius 3 is 2.45 bits per heavy atom. The van der Waals surface area contributed by atoms with Gasteiger partial charge >= 0.3 is 0 Å². The van der Waals surface area contributed by atoms with Crippen LogP contribution in [-0.4, -0.2) is 16.8 Å². The van der Waals surface area contributed by atoms with Gasteiger partial charge in [0.25, 0.3) is 0 Å². The van der Waals surface area contributed by atoms with Gasteiger partial charge in [-0.1, -0.05) is 0 Å². The summed E-state index contributed by atoms with van der Waals surface area (Å²) in [5.41, 5.74) is 3.36. The van der Waals surface area contributed by atoms with Crippen LogP contribution in [-0.2, 0) is 13.6 Å². The van der Waals surface area contributed by atoms with E-state index in [4.69, 9.17) is 17.0 Å². The first-order valence-corrected chi connectivity index (χ1v) is 6.81. The number of methoxy groups -OCH3 is 1. The Morgan fingerprint density at radius 1 is 1.20 bits per heavy atom. The molecule has 1 aromatic carbocycles. The molecule has 0 atom stereocenters. The maximum Gasteiger partial charge on any atom is 0.171 e. The van der Waals surface area contributed by atoms with Crippen LogP contribution in [0.4, 0.5) is 5.69 Å².